The highest BCUT2D eigenvalue weighted by molar-refractivity contribution is 5.93. The Hall–Kier alpha value is -2.89. The van der Waals surface area contributed by atoms with Crippen LogP contribution >= 0.6 is 0 Å². The van der Waals surface area contributed by atoms with Crippen molar-refractivity contribution in [2.75, 3.05) is 11.9 Å². The van der Waals surface area contributed by atoms with Crippen molar-refractivity contribution in [2.24, 2.45) is 0 Å². The van der Waals surface area contributed by atoms with Gasteiger partial charge >= 0.3 is 0 Å². The summed E-state index contributed by atoms with van der Waals surface area (Å²) in [6, 6.07) is 9.12. The Balaban J connectivity index is 2.05. The minimum Gasteiger partial charge on any atom is -0.491 e. The van der Waals surface area contributed by atoms with E-state index in [2.05, 4.69) is 27.2 Å². The largest absolute Gasteiger partial charge is 0.491 e. The smallest absolute Gasteiger partial charge is 0.270 e. The third kappa shape index (κ3) is 5.10. The molecule has 0 bridgehead atoms. The van der Waals surface area contributed by atoms with Gasteiger partial charge in [-0.1, -0.05) is 6.08 Å². The molecule has 0 unspecified atom stereocenters. The second-order valence-electron chi connectivity index (χ2n) is 5.10. The lowest BCUT2D eigenvalue weighted by molar-refractivity contribution is 0.0953. The lowest BCUT2D eigenvalue weighted by Crippen LogP contribution is -2.24. The standard InChI is InChI=1S/C17H20N4O2/c1-4-9-18-17(22)15-10-16(20-11-19-15)21-13-5-7-14(8-6-13)23-12(2)3/h4-8,10-12H,1,9H2,2-3H3,(H,18,22)(H,19,20,21). The van der Waals surface area contributed by atoms with Crippen LogP contribution < -0.4 is 15.4 Å². The molecule has 1 aromatic heterocycles. The maximum Gasteiger partial charge on any atom is 0.270 e. The van der Waals surface area contributed by atoms with Crippen molar-refractivity contribution in [2.45, 2.75) is 20.0 Å². The molecule has 0 atom stereocenters. The van der Waals surface area contributed by atoms with Crippen molar-refractivity contribution >= 4 is 17.4 Å². The van der Waals surface area contributed by atoms with Gasteiger partial charge in [0.2, 0.25) is 0 Å². The Morgan fingerprint density at radius 2 is 2.04 bits per heavy atom. The predicted molar refractivity (Wildman–Crippen MR) is 90.1 cm³/mol. The second kappa shape index (κ2) is 7.93. The van der Waals surface area contributed by atoms with E-state index in [4.69, 9.17) is 4.74 Å². The van der Waals surface area contributed by atoms with Crippen LogP contribution in [0.5, 0.6) is 5.75 Å². The van der Waals surface area contributed by atoms with E-state index >= 15 is 0 Å². The Morgan fingerprint density at radius 1 is 1.30 bits per heavy atom. The van der Waals surface area contributed by atoms with Crippen molar-refractivity contribution in [1.29, 1.82) is 0 Å². The molecule has 0 aliphatic carbocycles. The van der Waals surface area contributed by atoms with E-state index in [0.717, 1.165) is 11.4 Å². The average Bonchev–Trinajstić information content (AvgIpc) is 2.54. The Labute approximate surface area is 135 Å². The molecule has 0 fully saturated rings. The lowest BCUT2D eigenvalue weighted by Gasteiger charge is -2.11. The number of nitrogens with zero attached hydrogens (tertiary/aromatic N) is 2. The monoisotopic (exact) mass is 312 g/mol. The highest BCUT2D eigenvalue weighted by Crippen LogP contribution is 2.19. The number of hydrogen-bond acceptors (Lipinski definition) is 5. The molecule has 2 rings (SSSR count). The first kappa shape index (κ1) is 16.5. The molecule has 0 aliphatic heterocycles. The molecule has 2 N–H and O–H groups in total. The first-order valence-corrected chi connectivity index (χ1v) is 7.33. The Bertz CT molecular complexity index is 669. The number of rotatable bonds is 7. The minimum absolute atomic E-state index is 0.132. The Morgan fingerprint density at radius 3 is 2.70 bits per heavy atom. The summed E-state index contributed by atoms with van der Waals surface area (Å²) < 4.78 is 5.59. The van der Waals surface area contributed by atoms with Gasteiger partial charge in [-0.15, -0.1) is 6.58 Å². The number of carbonyl (C=O) groups excluding carboxylic acids is 1. The third-order valence-electron chi connectivity index (χ3n) is 2.81. The van der Waals surface area contributed by atoms with Crippen LogP contribution in [0.15, 0.2) is 49.3 Å². The molecule has 0 radical (unpaired) electrons. The van der Waals surface area contributed by atoms with E-state index in [1.165, 1.54) is 6.33 Å². The number of amides is 1. The molecule has 1 amide bonds. The molecule has 23 heavy (non-hydrogen) atoms. The number of carbonyl (C=O) groups is 1. The quantitative estimate of drug-likeness (QED) is 0.769. The van der Waals surface area contributed by atoms with Gasteiger partial charge in [0.25, 0.3) is 5.91 Å². The lowest BCUT2D eigenvalue weighted by atomic mass is 10.3. The average molecular weight is 312 g/mol. The van der Waals surface area contributed by atoms with Crippen molar-refractivity contribution in [1.82, 2.24) is 15.3 Å². The van der Waals surface area contributed by atoms with Gasteiger partial charge in [-0.3, -0.25) is 4.79 Å². The Kier molecular flexibility index (Phi) is 5.68. The molecule has 0 aliphatic rings. The van der Waals surface area contributed by atoms with Crippen LogP contribution in [0.25, 0.3) is 0 Å². The summed E-state index contributed by atoms with van der Waals surface area (Å²) in [7, 11) is 0. The van der Waals surface area contributed by atoms with Crippen molar-refractivity contribution in [3.8, 4) is 5.75 Å². The van der Waals surface area contributed by atoms with Gasteiger partial charge in [0.05, 0.1) is 6.10 Å². The van der Waals surface area contributed by atoms with Gasteiger partial charge in [0.1, 0.15) is 23.6 Å². The summed E-state index contributed by atoms with van der Waals surface area (Å²) in [4.78, 5) is 19.9. The first-order chi connectivity index (χ1) is 11.1. The molecular formula is C17H20N4O2. The number of nitrogens with one attached hydrogen (secondary N) is 2. The minimum atomic E-state index is -0.268. The van der Waals surface area contributed by atoms with Crippen LogP contribution in [0.2, 0.25) is 0 Å². The zero-order valence-electron chi connectivity index (χ0n) is 13.2. The fourth-order valence-electron chi connectivity index (χ4n) is 1.84. The molecular weight excluding hydrogens is 292 g/mol. The van der Waals surface area contributed by atoms with E-state index in [1.54, 1.807) is 12.1 Å². The normalized spacial score (nSPS) is 10.2. The summed E-state index contributed by atoms with van der Waals surface area (Å²) in [5, 5.41) is 5.80. The number of benzene rings is 1. The highest BCUT2D eigenvalue weighted by Gasteiger charge is 2.08. The fourth-order valence-corrected chi connectivity index (χ4v) is 1.84. The van der Waals surface area contributed by atoms with Gasteiger partial charge in [0, 0.05) is 18.3 Å². The number of ether oxygens (including phenoxy) is 1. The fraction of sp³-hybridized carbons (Fsp3) is 0.235. The maximum atomic E-state index is 11.9. The molecule has 0 spiro atoms. The molecule has 120 valence electrons. The molecule has 6 heteroatoms. The van der Waals surface area contributed by atoms with E-state index in [9.17, 15) is 4.79 Å². The first-order valence-electron chi connectivity index (χ1n) is 7.33. The molecule has 1 aromatic carbocycles. The van der Waals surface area contributed by atoms with Gasteiger partial charge in [-0.25, -0.2) is 9.97 Å². The van der Waals surface area contributed by atoms with Crippen molar-refractivity contribution in [3.63, 3.8) is 0 Å². The summed E-state index contributed by atoms with van der Waals surface area (Å²) in [6.45, 7) is 7.90. The van der Waals surface area contributed by atoms with Crippen LogP contribution in [0.1, 0.15) is 24.3 Å². The number of aromatic nitrogens is 2. The van der Waals surface area contributed by atoms with Crippen LogP contribution in [-0.2, 0) is 0 Å². The SMILES string of the molecule is C=CCNC(=O)c1cc(Nc2ccc(OC(C)C)cc2)ncn1. The molecule has 0 saturated carbocycles. The van der Waals surface area contributed by atoms with Crippen LogP contribution in [-0.4, -0.2) is 28.5 Å². The maximum absolute atomic E-state index is 11.9. The molecule has 1 heterocycles. The van der Waals surface area contributed by atoms with Crippen LogP contribution in [0.3, 0.4) is 0 Å². The van der Waals surface area contributed by atoms with Crippen molar-refractivity contribution in [3.05, 3.63) is 55.0 Å². The summed E-state index contributed by atoms with van der Waals surface area (Å²) in [5.41, 5.74) is 1.14. The van der Waals surface area contributed by atoms with Crippen molar-refractivity contribution < 1.29 is 9.53 Å². The van der Waals surface area contributed by atoms with E-state index in [1.807, 2.05) is 38.1 Å². The van der Waals surface area contributed by atoms with E-state index in [-0.39, 0.29) is 12.0 Å². The summed E-state index contributed by atoms with van der Waals surface area (Å²) in [5.74, 6) is 1.08. The third-order valence-corrected chi connectivity index (χ3v) is 2.81. The second-order valence-corrected chi connectivity index (χ2v) is 5.10. The molecule has 6 nitrogen and oxygen atoms in total. The summed E-state index contributed by atoms with van der Waals surface area (Å²) >= 11 is 0. The van der Waals surface area contributed by atoms with E-state index in [0.29, 0.717) is 18.1 Å². The predicted octanol–water partition coefficient (Wildman–Crippen LogP) is 2.92. The summed E-state index contributed by atoms with van der Waals surface area (Å²) in [6.07, 6.45) is 3.09. The zero-order valence-corrected chi connectivity index (χ0v) is 13.2. The van der Waals surface area contributed by atoms with Gasteiger partial charge in [-0.2, -0.15) is 0 Å². The number of anilines is 2. The zero-order chi connectivity index (χ0) is 16.7. The van der Waals surface area contributed by atoms with Gasteiger partial charge < -0.3 is 15.4 Å². The van der Waals surface area contributed by atoms with Crippen LogP contribution in [0, 0.1) is 0 Å². The topological polar surface area (TPSA) is 76.1 Å². The number of hydrogen-bond donors (Lipinski definition) is 2. The van der Waals surface area contributed by atoms with E-state index < -0.39 is 0 Å². The molecule has 0 saturated heterocycles. The highest BCUT2D eigenvalue weighted by atomic mass is 16.5. The van der Waals surface area contributed by atoms with Crippen LogP contribution in [0.4, 0.5) is 11.5 Å². The molecule has 2 aromatic rings. The van der Waals surface area contributed by atoms with Gasteiger partial charge in [0.15, 0.2) is 0 Å². The van der Waals surface area contributed by atoms with Gasteiger partial charge in [-0.05, 0) is 38.1 Å².